The summed E-state index contributed by atoms with van der Waals surface area (Å²) in [6.45, 7) is 1.36. The highest BCUT2D eigenvalue weighted by Crippen LogP contribution is 2.27. The van der Waals surface area contributed by atoms with Crippen LogP contribution in [0, 0.1) is 5.92 Å². The molecule has 0 amide bonds. The summed E-state index contributed by atoms with van der Waals surface area (Å²) in [5.41, 5.74) is 6.96. The van der Waals surface area contributed by atoms with Crippen LogP contribution >= 0.6 is 0 Å². The maximum atomic E-state index is 12.1. The van der Waals surface area contributed by atoms with Crippen molar-refractivity contribution in [2.45, 2.75) is 39.3 Å². The Balaban J connectivity index is 2.83. The van der Waals surface area contributed by atoms with Crippen LogP contribution in [0.3, 0.4) is 0 Å². The molecule has 4 heteroatoms. The third-order valence-corrected chi connectivity index (χ3v) is 3.02. The monoisotopic (exact) mass is 243 g/mol. The van der Waals surface area contributed by atoms with E-state index < -0.39 is 6.61 Å². The first-order chi connectivity index (χ1) is 8.08. The van der Waals surface area contributed by atoms with Crippen LogP contribution in [0.4, 0.5) is 8.78 Å². The number of hydrogen-bond acceptors (Lipinski definition) is 2. The Morgan fingerprint density at radius 2 is 1.88 bits per heavy atom. The number of rotatable bonds is 6. The number of hydrogen-bond donors (Lipinski definition) is 1. The minimum Gasteiger partial charge on any atom is -0.435 e. The van der Waals surface area contributed by atoms with Gasteiger partial charge in [0.25, 0.3) is 0 Å². The molecule has 1 rings (SSSR count). The topological polar surface area (TPSA) is 35.2 Å². The van der Waals surface area contributed by atoms with E-state index in [9.17, 15) is 8.78 Å². The number of nitrogens with two attached hydrogens (primary N) is 1. The molecule has 2 N–H and O–H groups in total. The van der Waals surface area contributed by atoms with Gasteiger partial charge in [0.15, 0.2) is 0 Å². The Hall–Kier alpha value is -1.16. The van der Waals surface area contributed by atoms with Crippen molar-refractivity contribution in [2.75, 3.05) is 0 Å². The fraction of sp³-hybridized carbons (Fsp3) is 0.538. The predicted octanol–water partition coefficient (Wildman–Crippen LogP) is 3.72. The number of alkyl halides is 2. The van der Waals surface area contributed by atoms with Crippen molar-refractivity contribution < 1.29 is 13.5 Å². The summed E-state index contributed by atoms with van der Waals surface area (Å²) in [4.78, 5) is 0. The number of halogens is 2. The molecular weight excluding hydrogens is 224 g/mol. The highest BCUT2D eigenvalue weighted by molar-refractivity contribution is 5.30. The molecule has 0 aliphatic carbocycles. The first kappa shape index (κ1) is 13.9. The van der Waals surface area contributed by atoms with E-state index in [0.717, 1.165) is 18.4 Å². The molecule has 96 valence electrons. The van der Waals surface area contributed by atoms with Gasteiger partial charge in [-0.15, -0.1) is 0 Å². The minimum atomic E-state index is -2.80. The fourth-order valence-corrected chi connectivity index (χ4v) is 1.97. The second-order valence-corrected chi connectivity index (χ2v) is 4.05. The maximum absolute atomic E-state index is 12.1. The summed E-state index contributed by atoms with van der Waals surface area (Å²) in [6.07, 6.45) is 1.94. The average Bonchev–Trinajstić information content (AvgIpc) is 2.30. The molecule has 2 nitrogen and oxygen atoms in total. The lowest BCUT2D eigenvalue weighted by Crippen LogP contribution is -2.20. The van der Waals surface area contributed by atoms with Gasteiger partial charge in [0, 0.05) is 6.04 Å². The molecule has 0 fully saturated rings. The Morgan fingerprint density at radius 1 is 1.24 bits per heavy atom. The Morgan fingerprint density at radius 3 is 2.41 bits per heavy atom. The maximum Gasteiger partial charge on any atom is 0.387 e. The zero-order valence-electron chi connectivity index (χ0n) is 10.2. The van der Waals surface area contributed by atoms with Gasteiger partial charge in [-0.1, -0.05) is 38.8 Å². The molecular formula is C13H19F2NO. The van der Waals surface area contributed by atoms with Gasteiger partial charge in [0.2, 0.25) is 0 Å². The zero-order valence-corrected chi connectivity index (χ0v) is 10.2. The number of ether oxygens (including phenoxy) is 1. The third kappa shape index (κ3) is 3.97. The lowest BCUT2D eigenvalue weighted by atomic mass is 9.89. The lowest BCUT2D eigenvalue weighted by molar-refractivity contribution is -0.0499. The first-order valence-corrected chi connectivity index (χ1v) is 5.88. The summed E-state index contributed by atoms with van der Waals surface area (Å²) < 4.78 is 28.5. The van der Waals surface area contributed by atoms with Crippen molar-refractivity contribution in [1.29, 1.82) is 0 Å². The van der Waals surface area contributed by atoms with Crippen molar-refractivity contribution in [2.24, 2.45) is 11.7 Å². The average molecular weight is 243 g/mol. The molecule has 0 aromatic heterocycles. The summed E-state index contributed by atoms with van der Waals surface area (Å²) >= 11 is 0. The molecule has 0 saturated heterocycles. The quantitative estimate of drug-likeness (QED) is 0.826. The Kier molecular flexibility index (Phi) is 5.35. The molecule has 0 radical (unpaired) electrons. The van der Waals surface area contributed by atoms with E-state index in [1.54, 1.807) is 12.1 Å². The summed E-state index contributed by atoms with van der Waals surface area (Å²) in [6, 6.07) is 6.51. The zero-order chi connectivity index (χ0) is 12.8. The summed E-state index contributed by atoms with van der Waals surface area (Å²) in [5, 5.41) is 0. The second kappa shape index (κ2) is 6.55. The molecule has 0 bridgehead atoms. The lowest BCUT2D eigenvalue weighted by Gasteiger charge is -2.22. The molecule has 0 heterocycles. The summed E-state index contributed by atoms with van der Waals surface area (Å²) in [5.74, 6) is 0.524. The van der Waals surface area contributed by atoms with Crippen molar-refractivity contribution in [3.05, 3.63) is 29.8 Å². The van der Waals surface area contributed by atoms with Crippen molar-refractivity contribution in [3.63, 3.8) is 0 Å². The van der Waals surface area contributed by atoms with Gasteiger partial charge >= 0.3 is 6.61 Å². The smallest absolute Gasteiger partial charge is 0.387 e. The highest BCUT2D eigenvalue weighted by Gasteiger charge is 2.16. The Bertz CT molecular complexity index is 340. The standard InChI is InChI=1S/C13H19F2NO/c1-3-9(4-2)12(16)10-6-5-7-11(8-10)17-13(14)15/h5-9,12-13H,3-4,16H2,1-2H3. The van der Waals surface area contributed by atoms with Crippen molar-refractivity contribution >= 4 is 0 Å². The van der Waals surface area contributed by atoms with Gasteiger partial charge in [0.05, 0.1) is 0 Å². The van der Waals surface area contributed by atoms with Gasteiger partial charge in [-0.2, -0.15) is 8.78 Å². The van der Waals surface area contributed by atoms with E-state index in [0.29, 0.717) is 5.92 Å². The van der Waals surface area contributed by atoms with Gasteiger partial charge in [-0.05, 0) is 23.6 Å². The van der Waals surface area contributed by atoms with Crippen molar-refractivity contribution in [1.82, 2.24) is 0 Å². The molecule has 1 aromatic rings. The SMILES string of the molecule is CCC(CC)C(N)c1cccc(OC(F)F)c1. The van der Waals surface area contributed by atoms with E-state index in [2.05, 4.69) is 18.6 Å². The van der Waals surface area contributed by atoms with E-state index in [-0.39, 0.29) is 11.8 Å². The molecule has 17 heavy (non-hydrogen) atoms. The normalized spacial score (nSPS) is 13.1. The molecule has 0 saturated carbocycles. The van der Waals surface area contributed by atoms with Crippen molar-refractivity contribution in [3.8, 4) is 5.75 Å². The van der Waals surface area contributed by atoms with Crippen LogP contribution in [0.25, 0.3) is 0 Å². The van der Waals surface area contributed by atoms with Gasteiger partial charge in [-0.3, -0.25) is 0 Å². The van der Waals surface area contributed by atoms with Crippen LogP contribution in [0.5, 0.6) is 5.75 Å². The van der Waals surface area contributed by atoms with Crippen LogP contribution in [-0.4, -0.2) is 6.61 Å². The van der Waals surface area contributed by atoms with Crippen LogP contribution in [-0.2, 0) is 0 Å². The second-order valence-electron chi connectivity index (χ2n) is 4.05. The van der Waals surface area contributed by atoms with E-state index in [1.807, 2.05) is 6.07 Å². The molecule has 1 unspecified atom stereocenters. The molecule has 1 atom stereocenters. The predicted molar refractivity (Wildman–Crippen MR) is 64.1 cm³/mol. The van der Waals surface area contributed by atoms with Crippen LogP contribution in [0.1, 0.15) is 38.3 Å². The van der Waals surface area contributed by atoms with Gasteiger partial charge in [-0.25, -0.2) is 0 Å². The minimum absolute atomic E-state index is 0.133. The highest BCUT2D eigenvalue weighted by atomic mass is 19.3. The summed E-state index contributed by atoms with van der Waals surface area (Å²) in [7, 11) is 0. The van der Waals surface area contributed by atoms with E-state index in [1.165, 1.54) is 6.07 Å². The molecule has 0 aliphatic heterocycles. The van der Waals surface area contributed by atoms with Gasteiger partial charge < -0.3 is 10.5 Å². The fourth-order valence-electron chi connectivity index (χ4n) is 1.97. The number of benzene rings is 1. The van der Waals surface area contributed by atoms with Crippen LogP contribution in [0.15, 0.2) is 24.3 Å². The van der Waals surface area contributed by atoms with Crippen LogP contribution in [0.2, 0.25) is 0 Å². The Labute approximate surface area is 101 Å². The van der Waals surface area contributed by atoms with Gasteiger partial charge in [0.1, 0.15) is 5.75 Å². The molecule has 1 aromatic carbocycles. The molecule has 0 spiro atoms. The van der Waals surface area contributed by atoms with E-state index in [4.69, 9.17) is 5.73 Å². The first-order valence-electron chi connectivity index (χ1n) is 5.88. The largest absolute Gasteiger partial charge is 0.435 e. The van der Waals surface area contributed by atoms with Crippen LogP contribution < -0.4 is 10.5 Å². The van der Waals surface area contributed by atoms with E-state index >= 15 is 0 Å². The third-order valence-electron chi connectivity index (χ3n) is 3.02. The molecule has 0 aliphatic rings.